The van der Waals surface area contributed by atoms with Gasteiger partial charge in [-0.1, -0.05) is 6.07 Å². The second-order valence-electron chi connectivity index (χ2n) is 5.31. The number of nitrogens with zero attached hydrogens (tertiary/aromatic N) is 4. The SMILES string of the molecule is Cn1ccnc1C1CCN(C(=O)NCc2ccccn2)C1. The maximum absolute atomic E-state index is 12.2. The summed E-state index contributed by atoms with van der Waals surface area (Å²) < 4.78 is 2.03. The zero-order valence-corrected chi connectivity index (χ0v) is 12.1. The van der Waals surface area contributed by atoms with E-state index in [0.717, 1.165) is 31.0 Å². The van der Waals surface area contributed by atoms with Crippen molar-refractivity contribution in [2.24, 2.45) is 7.05 Å². The molecule has 1 fully saturated rings. The zero-order valence-electron chi connectivity index (χ0n) is 12.1. The number of urea groups is 1. The average Bonchev–Trinajstić information content (AvgIpc) is 3.14. The Morgan fingerprint density at radius 1 is 1.38 bits per heavy atom. The minimum Gasteiger partial charge on any atom is -0.338 e. The van der Waals surface area contributed by atoms with Gasteiger partial charge in [-0.05, 0) is 18.6 Å². The van der Waals surface area contributed by atoms with Gasteiger partial charge in [0.05, 0.1) is 12.2 Å². The Bertz CT molecular complexity index is 610. The molecule has 21 heavy (non-hydrogen) atoms. The van der Waals surface area contributed by atoms with Crippen molar-refractivity contribution in [1.29, 1.82) is 0 Å². The van der Waals surface area contributed by atoms with Crippen molar-refractivity contribution in [3.8, 4) is 0 Å². The first kappa shape index (κ1) is 13.6. The molecule has 3 heterocycles. The number of amides is 2. The predicted octanol–water partition coefficient (Wildman–Crippen LogP) is 1.51. The third-order valence-corrected chi connectivity index (χ3v) is 3.85. The third-order valence-electron chi connectivity index (χ3n) is 3.85. The van der Waals surface area contributed by atoms with Crippen molar-refractivity contribution in [2.75, 3.05) is 13.1 Å². The van der Waals surface area contributed by atoms with Crippen LogP contribution >= 0.6 is 0 Å². The van der Waals surface area contributed by atoms with Crippen LogP contribution in [-0.2, 0) is 13.6 Å². The number of carbonyl (C=O) groups is 1. The smallest absolute Gasteiger partial charge is 0.317 e. The van der Waals surface area contributed by atoms with E-state index in [2.05, 4.69) is 15.3 Å². The Kier molecular flexibility index (Phi) is 3.85. The van der Waals surface area contributed by atoms with Gasteiger partial charge >= 0.3 is 6.03 Å². The molecule has 1 saturated heterocycles. The van der Waals surface area contributed by atoms with Gasteiger partial charge in [0.15, 0.2) is 0 Å². The summed E-state index contributed by atoms with van der Waals surface area (Å²) in [7, 11) is 1.99. The van der Waals surface area contributed by atoms with E-state index in [9.17, 15) is 4.79 Å². The van der Waals surface area contributed by atoms with E-state index in [1.165, 1.54) is 0 Å². The number of carbonyl (C=O) groups excluding carboxylic acids is 1. The first-order valence-corrected chi connectivity index (χ1v) is 7.14. The fraction of sp³-hybridized carbons (Fsp3) is 0.400. The molecule has 0 spiro atoms. The molecule has 1 atom stereocenters. The Morgan fingerprint density at radius 2 is 2.29 bits per heavy atom. The first-order chi connectivity index (χ1) is 10.2. The summed E-state index contributed by atoms with van der Waals surface area (Å²) >= 11 is 0. The number of aryl methyl sites for hydroxylation is 1. The number of imidazole rings is 1. The van der Waals surface area contributed by atoms with E-state index in [-0.39, 0.29) is 6.03 Å². The number of likely N-dealkylation sites (tertiary alicyclic amines) is 1. The second-order valence-corrected chi connectivity index (χ2v) is 5.31. The lowest BCUT2D eigenvalue weighted by molar-refractivity contribution is 0.207. The molecule has 1 unspecified atom stereocenters. The largest absolute Gasteiger partial charge is 0.338 e. The molecule has 2 amide bonds. The Labute approximate surface area is 123 Å². The second kappa shape index (κ2) is 5.95. The molecule has 0 aliphatic carbocycles. The minimum atomic E-state index is -0.0302. The fourth-order valence-corrected chi connectivity index (χ4v) is 2.71. The van der Waals surface area contributed by atoms with E-state index in [1.54, 1.807) is 12.4 Å². The van der Waals surface area contributed by atoms with Gasteiger partial charge in [-0.3, -0.25) is 4.98 Å². The van der Waals surface area contributed by atoms with Gasteiger partial charge in [0.2, 0.25) is 0 Å². The highest BCUT2D eigenvalue weighted by Gasteiger charge is 2.29. The number of rotatable bonds is 3. The fourth-order valence-electron chi connectivity index (χ4n) is 2.71. The van der Waals surface area contributed by atoms with Crippen molar-refractivity contribution < 1.29 is 4.79 Å². The summed E-state index contributed by atoms with van der Waals surface area (Å²) in [5.74, 6) is 1.38. The maximum Gasteiger partial charge on any atom is 0.317 e. The van der Waals surface area contributed by atoms with Crippen molar-refractivity contribution in [3.05, 3.63) is 48.3 Å². The molecule has 6 heteroatoms. The first-order valence-electron chi connectivity index (χ1n) is 7.14. The van der Waals surface area contributed by atoms with Gasteiger partial charge in [0, 0.05) is 44.6 Å². The lowest BCUT2D eigenvalue weighted by Gasteiger charge is -2.17. The highest BCUT2D eigenvalue weighted by atomic mass is 16.2. The lowest BCUT2D eigenvalue weighted by Crippen LogP contribution is -2.38. The molecule has 1 N–H and O–H groups in total. The van der Waals surface area contributed by atoms with Gasteiger partial charge in [0.1, 0.15) is 5.82 Å². The lowest BCUT2D eigenvalue weighted by atomic mass is 10.1. The van der Waals surface area contributed by atoms with Crippen LogP contribution in [0.3, 0.4) is 0 Å². The van der Waals surface area contributed by atoms with Crippen LogP contribution in [0.4, 0.5) is 4.79 Å². The normalized spacial score (nSPS) is 18.0. The summed E-state index contributed by atoms with van der Waals surface area (Å²) in [6.45, 7) is 1.95. The summed E-state index contributed by atoms with van der Waals surface area (Å²) in [5.41, 5.74) is 0.866. The van der Waals surface area contributed by atoms with Crippen molar-refractivity contribution in [1.82, 2.24) is 24.8 Å². The monoisotopic (exact) mass is 285 g/mol. The molecule has 3 rings (SSSR count). The van der Waals surface area contributed by atoms with Crippen LogP contribution in [0.15, 0.2) is 36.8 Å². The van der Waals surface area contributed by atoms with Crippen LogP contribution < -0.4 is 5.32 Å². The number of pyridine rings is 1. The molecule has 6 nitrogen and oxygen atoms in total. The Balaban J connectivity index is 1.54. The van der Waals surface area contributed by atoms with Gasteiger partial charge in [-0.15, -0.1) is 0 Å². The van der Waals surface area contributed by atoms with Gasteiger partial charge < -0.3 is 14.8 Å². The van der Waals surface area contributed by atoms with Crippen molar-refractivity contribution in [3.63, 3.8) is 0 Å². The summed E-state index contributed by atoms with van der Waals surface area (Å²) in [6, 6.07) is 5.66. The molecule has 0 saturated carbocycles. The van der Waals surface area contributed by atoms with E-state index in [4.69, 9.17) is 0 Å². The van der Waals surface area contributed by atoms with E-state index in [0.29, 0.717) is 12.5 Å². The number of aromatic nitrogens is 3. The molecule has 2 aromatic heterocycles. The summed E-state index contributed by atoms with van der Waals surface area (Å²) in [5, 5.41) is 2.92. The highest BCUT2D eigenvalue weighted by molar-refractivity contribution is 5.74. The molecule has 0 aromatic carbocycles. The topological polar surface area (TPSA) is 63.1 Å². The van der Waals surface area contributed by atoms with Crippen LogP contribution in [0, 0.1) is 0 Å². The molecule has 110 valence electrons. The van der Waals surface area contributed by atoms with Crippen molar-refractivity contribution >= 4 is 6.03 Å². The minimum absolute atomic E-state index is 0.0302. The van der Waals surface area contributed by atoms with E-state index < -0.39 is 0 Å². The van der Waals surface area contributed by atoms with Gasteiger partial charge in [0.25, 0.3) is 0 Å². The van der Waals surface area contributed by atoms with Crippen LogP contribution in [0.25, 0.3) is 0 Å². The van der Waals surface area contributed by atoms with Crippen LogP contribution in [0.1, 0.15) is 23.9 Å². The van der Waals surface area contributed by atoms with Crippen LogP contribution in [-0.4, -0.2) is 38.6 Å². The van der Waals surface area contributed by atoms with Gasteiger partial charge in [-0.25, -0.2) is 9.78 Å². The van der Waals surface area contributed by atoms with Crippen LogP contribution in [0.5, 0.6) is 0 Å². The molecule has 1 aliphatic heterocycles. The van der Waals surface area contributed by atoms with Gasteiger partial charge in [-0.2, -0.15) is 0 Å². The Morgan fingerprint density at radius 3 is 3.00 bits per heavy atom. The Hall–Kier alpha value is -2.37. The summed E-state index contributed by atoms with van der Waals surface area (Å²) in [6.07, 6.45) is 6.44. The molecule has 0 bridgehead atoms. The van der Waals surface area contributed by atoms with E-state index in [1.807, 2.05) is 40.9 Å². The maximum atomic E-state index is 12.2. The van der Waals surface area contributed by atoms with Crippen molar-refractivity contribution in [2.45, 2.75) is 18.9 Å². The van der Waals surface area contributed by atoms with E-state index >= 15 is 0 Å². The number of nitrogens with one attached hydrogen (secondary N) is 1. The number of hydrogen-bond acceptors (Lipinski definition) is 3. The predicted molar refractivity (Wildman–Crippen MR) is 78.6 cm³/mol. The summed E-state index contributed by atoms with van der Waals surface area (Å²) in [4.78, 5) is 22.6. The molecular formula is C15H19N5O. The molecule has 0 radical (unpaired) electrons. The molecular weight excluding hydrogens is 266 g/mol. The quantitative estimate of drug-likeness (QED) is 0.930. The molecule has 1 aliphatic rings. The number of hydrogen-bond donors (Lipinski definition) is 1. The standard InChI is InChI=1S/C15H19N5O/c1-19-9-7-17-14(19)12-5-8-20(11-12)15(21)18-10-13-4-2-3-6-16-13/h2-4,6-7,9,12H,5,8,10-11H2,1H3,(H,18,21). The zero-order chi connectivity index (χ0) is 14.7. The van der Waals surface area contributed by atoms with Crippen LogP contribution in [0.2, 0.25) is 0 Å². The highest BCUT2D eigenvalue weighted by Crippen LogP contribution is 2.25. The molecule has 2 aromatic rings. The third kappa shape index (κ3) is 3.04. The average molecular weight is 285 g/mol.